The fourth-order valence-corrected chi connectivity index (χ4v) is 2.40. The van der Waals surface area contributed by atoms with Crippen LogP contribution in [0.4, 0.5) is 8.78 Å². The van der Waals surface area contributed by atoms with Crippen molar-refractivity contribution >= 4 is 0 Å². The third kappa shape index (κ3) is 2.85. The number of nitrogens with one attached hydrogen (secondary N) is 1. The Morgan fingerprint density at radius 2 is 2.25 bits per heavy atom. The number of rotatable bonds is 3. The molecule has 2 aromatic rings. The number of halogens is 2. The van der Waals surface area contributed by atoms with Gasteiger partial charge in [0.05, 0.1) is 5.92 Å². The van der Waals surface area contributed by atoms with Gasteiger partial charge in [-0.2, -0.15) is 4.98 Å². The summed E-state index contributed by atoms with van der Waals surface area (Å²) in [5.41, 5.74) is 0.362. The van der Waals surface area contributed by atoms with Crippen LogP contribution in [-0.2, 0) is 6.42 Å². The number of nitrogens with zero attached hydrogens (tertiary/aromatic N) is 2. The van der Waals surface area contributed by atoms with E-state index in [-0.39, 0.29) is 12.3 Å². The molecule has 1 saturated heterocycles. The van der Waals surface area contributed by atoms with Crippen molar-refractivity contribution in [1.82, 2.24) is 15.5 Å². The second-order valence-electron chi connectivity index (χ2n) is 5.00. The fraction of sp³-hybridized carbons (Fsp3) is 0.429. The van der Waals surface area contributed by atoms with Crippen LogP contribution in [0.3, 0.4) is 0 Å². The van der Waals surface area contributed by atoms with Crippen LogP contribution < -0.4 is 5.32 Å². The summed E-state index contributed by atoms with van der Waals surface area (Å²) >= 11 is 0. The first kappa shape index (κ1) is 13.2. The van der Waals surface area contributed by atoms with Gasteiger partial charge in [0, 0.05) is 19.0 Å². The molecule has 1 atom stereocenters. The zero-order valence-electron chi connectivity index (χ0n) is 10.9. The maximum atomic E-state index is 13.6. The van der Waals surface area contributed by atoms with E-state index in [2.05, 4.69) is 15.5 Å². The Balaban J connectivity index is 1.73. The van der Waals surface area contributed by atoms with E-state index in [1.54, 1.807) is 0 Å². The van der Waals surface area contributed by atoms with Crippen LogP contribution in [-0.4, -0.2) is 23.2 Å². The van der Waals surface area contributed by atoms with Crippen LogP contribution in [0.5, 0.6) is 0 Å². The number of piperidine rings is 1. The lowest BCUT2D eigenvalue weighted by molar-refractivity contribution is 0.320. The molecule has 1 aromatic carbocycles. The molecule has 20 heavy (non-hydrogen) atoms. The predicted octanol–water partition coefficient (Wildman–Crippen LogP) is 2.41. The van der Waals surface area contributed by atoms with Crippen LogP contribution in [0.2, 0.25) is 0 Å². The van der Waals surface area contributed by atoms with E-state index in [0.717, 1.165) is 32.0 Å². The van der Waals surface area contributed by atoms with Gasteiger partial charge in [-0.1, -0.05) is 11.2 Å². The molecular formula is C14H15F2N3O. The summed E-state index contributed by atoms with van der Waals surface area (Å²) in [5.74, 6) is 0.0675. The maximum absolute atomic E-state index is 13.6. The Morgan fingerprint density at radius 1 is 1.35 bits per heavy atom. The predicted molar refractivity (Wildman–Crippen MR) is 68.3 cm³/mol. The minimum atomic E-state index is -0.590. The van der Waals surface area contributed by atoms with Crippen molar-refractivity contribution in [1.29, 1.82) is 0 Å². The van der Waals surface area contributed by atoms with Gasteiger partial charge in [-0.15, -0.1) is 0 Å². The quantitative estimate of drug-likeness (QED) is 0.937. The average Bonchev–Trinajstić information content (AvgIpc) is 2.92. The SMILES string of the molecule is Fc1ccc(Cc2noc(C3CCCNC3)n2)c(F)c1. The summed E-state index contributed by atoms with van der Waals surface area (Å²) in [6.07, 6.45) is 2.30. The minimum Gasteiger partial charge on any atom is -0.339 e. The Kier molecular flexibility index (Phi) is 3.73. The summed E-state index contributed by atoms with van der Waals surface area (Å²) in [4.78, 5) is 4.31. The first-order valence-electron chi connectivity index (χ1n) is 6.69. The number of hydrogen-bond acceptors (Lipinski definition) is 4. The van der Waals surface area contributed by atoms with Gasteiger partial charge in [0.15, 0.2) is 5.82 Å². The zero-order chi connectivity index (χ0) is 13.9. The Labute approximate surface area is 115 Å². The molecule has 0 spiro atoms. The van der Waals surface area contributed by atoms with Crippen LogP contribution in [0.15, 0.2) is 22.7 Å². The topological polar surface area (TPSA) is 51.0 Å². The average molecular weight is 279 g/mol. The van der Waals surface area contributed by atoms with Crippen molar-refractivity contribution in [3.05, 3.63) is 47.1 Å². The van der Waals surface area contributed by atoms with Gasteiger partial charge in [0.1, 0.15) is 11.6 Å². The number of aromatic nitrogens is 2. The maximum Gasteiger partial charge on any atom is 0.231 e. The highest BCUT2D eigenvalue weighted by Gasteiger charge is 2.21. The minimum absolute atomic E-state index is 0.204. The largest absolute Gasteiger partial charge is 0.339 e. The summed E-state index contributed by atoms with van der Waals surface area (Å²) in [6.45, 7) is 1.84. The first-order valence-corrected chi connectivity index (χ1v) is 6.69. The second-order valence-corrected chi connectivity index (χ2v) is 5.00. The van der Waals surface area contributed by atoms with Crippen molar-refractivity contribution in [3.63, 3.8) is 0 Å². The monoisotopic (exact) mass is 279 g/mol. The Hall–Kier alpha value is -1.82. The molecule has 0 aliphatic carbocycles. The molecule has 1 unspecified atom stereocenters. The summed E-state index contributed by atoms with van der Waals surface area (Å²) in [7, 11) is 0. The molecule has 3 rings (SSSR count). The highest BCUT2D eigenvalue weighted by Crippen LogP contribution is 2.22. The lowest BCUT2D eigenvalue weighted by atomic mass is 10.00. The van der Waals surface area contributed by atoms with Gasteiger partial charge in [0.2, 0.25) is 5.89 Å². The molecule has 106 valence electrons. The number of hydrogen-bond donors (Lipinski definition) is 1. The van der Waals surface area contributed by atoms with Crippen molar-refractivity contribution in [2.75, 3.05) is 13.1 Å². The Morgan fingerprint density at radius 3 is 3.00 bits per heavy atom. The standard InChI is InChI=1S/C14H15F2N3O/c15-11-4-3-9(12(16)7-11)6-13-18-14(20-19-13)10-2-1-5-17-8-10/h3-4,7,10,17H,1-2,5-6,8H2. The van der Waals surface area contributed by atoms with Crippen molar-refractivity contribution in [3.8, 4) is 0 Å². The molecule has 0 amide bonds. The fourth-order valence-electron chi connectivity index (χ4n) is 2.40. The van der Waals surface area contributed by atoms with E-state index in [0.29, 0.717) is 17.3 Å². The van der Waals surface area contributed by atoms with E-state index < -0.39 is 11.6 Å². The summed E-state index contributed by atoms with van der Waals surface area (Å²) in [6, 6.07) is 3.49. The van der Waals surface area contributed by atoms with Gasteiger partial charge < -0.3 is 9.84 Å². The molecule has 4 nitrogen and oxygen atoms in total. The molecule has 1 aliphatic heterocycles. The lowest BCUT2D eigenvalue weighted by Gasteiger charge is -2.18. The second kappa shape index (κ2) is 5.66. The van der Waals surface area contributed by atoms with Crippen molar-refractivity contribution in [2.45, 2.75) is 25.2 Å². The number of benzene rings is 1. The van der Waals surface area contributed by atoms with E-state index in [1.807, 2.05) is 0 Å². The van der Waals surface area contributed by atoms with Crippen LogP contribution in [0.1, 0.15) is 36.0 Å². The van der Waals surface area contributed by atoms with Gasteiger partial charge in [-0.25, -0.2) is 8.78 Å². The van der Waals surface area contributed by atoms with E-state index >= 15 is 0 Å². The molecular weight excluding hydrogens is 264 g/mol. The molecule has 1 aliphatic rings. The van der Waals surface area contributed by atoms with Crippen molar-refractivity contribution < 1.29 is 13.3 Å². The highest BCUT2D eigenvalue weighted by molar-refractivity contribution is 5.21. The van der Waals surface area contributed by atoms with Gasteiger partial charge in [-0.3, -0.25) is 0 Å². The third-order valence-corrected chi connectivity index (χ3v) is 3.49. The van der Waals surface area contributed by atoms with Crippen LogP contribution in [0.25, 0.3) is 0 Å². The normalized spacial score (nSPS) is 19.2. The molecule has 1 N–H and O–H groups in total. The highest BCUT2D eigenvalue weighted by atomic mass is 19.1. The molecule has 1 aromatic heterocycles. The molecule has 0 bridgehead atoms. The molecule has 0 saturated carbocycles. The van der Waals surface area contributed by atoms with Gasteiger partial charge in [0.25, 0.3) is 0 Å². The van der Waals surface area contributed by atoms with Gasteiger partial charge >= 0.3 is 0 Å². The summed E-state index contributed by atoms with van der Waals surface area (Å²) in [5, 5.41) is 7.15. The smallest absolute Gasteiger partial charge is 0.231 e. The first-order chi connectivity index (χ1) is 9.72. The Bertz CT molecular complexity index is 594. The van der Waals surface area contributed by atoms with E-state index in [1.165, 1.54) is 12.1 Å². The van der Waals surface area contributed by atoms with Gasteiger partial charge in [-0.05, 0) is 31.0 Å². The zero-order valence-corrected chi connectivity index (χ0v) is 10.9. The van der Waals surface area contributed by atoms with E-state index in [9.17, 15) is 8.78 Å². The third-order valence-electron chi connectivity index (χ3n) is 3.49. The van der Waals surface area contributed by atoms with E-state index in [4.69, 9.17) is 4.52 Å². The molecule has 2 heterocycles. The van der Waals surface area contributed by atoms with Crippen LogP contribution in [0, 0.1) is 11.6 Å². The van der Waals surface area contributed by atoms with Crippen molar-refractivity contribution in [2.24, 2.45) is 0 Å². The molecule has 1 fully saturated rings. The molecule has 0 radical (unpaired) electrons. The van der Waals surface area contributed by atoms with Crippen LogP contribution >= 0.6 is 0 Å². The summed E-state index contributed by atoms with van der Waals surface area (Å²) < 4.78 is 31.6. The molecule has 6 heteroatoms. The lowest BCUT2D eigenvalue weighted by Crippen LogP contribution is -2.28.